The van der Waals surface area contributed by atoms with Gasteiger partial charge in [0.05, 0.1) is 12.4 Å². The van der Waals surface area contributed by atoms with E-state index in [1.54, 1.807) is 13.4 Å². The van der Waals surface area contributed by atoms with Crippen molar-refractivity contribution < 1.29 is 9.53 Å². The van der Waals surface area contributed by atoms with Gasteiger partial charge in [0.2, 0.25) is 5.91 Å². The van der Waals surface area contributed by atoms with Crippen LogP contribution in [-0.4, -0.2) is 63.7 Å². The molecule has 0 aliphatic heterocycles. The highest BCUT2D eigenvalue weighted by Crippen LogP contribution is 2.23. The smallest absolute Gasteiger partial charge is 0.224 e. The number of nitrogens with zero attached hydrogens (tertiary/aromatic N) is 5. The lowest BCUT2D eigenvalue weighted by molar-refractivity contribution is -0.116. The third kappa shape index (κ3) is 6.98. The lowest BCUT2D eigenvalue weighted by Gasteiger charge is -2.23. The number of ether oxygens (including phenoxy) is 1. The number of benzene rings is 1. The highest BCUT2D eigenvalue weighted by Gasteiger charge is 2.15. The maximum Gasteiger partial charge on any atom is 0.224 e. The summed E-state index contributed by atoms with van der Waals surface area (Å²) in [6.45, 7) is 8.84. The summed E-state index contributed by atoms with van der Waals surface area (Å²) in [6, 6.07) is 8.08. The number of methoxy groups -OCH3 is 1. The van der Waals surface area contributed by atoms with Crippen LogP contribution in [0.5, 0.6) is 0 Å². The summed E-state index contributed by atoms with van der Waals surface area (Å²) in [4.78, 5) is 27.1. The zero-order valence-electron chi connectivity index (χ0n) is 20.9. The van der Waals surface area contributed by atoms with Crippen molar-refractivity contribution in [1.29, 1.82) is 0 Å². The van der Waals surface area contributed by atoms with Crippen LogP contribution in [0.25, 0.3) is 11.2 Å². The molecule has 1 unspecified atom stereocenters. The molecule has 0 bridgehead atoms. The number of likely N-dealkylation sites (N-methyl/N-ethyl adjacent to an activating group) is 1. The summed E-state index contributed by atoms with van der Waals surface area (Å²) in [5.74, 6) is 0.422. The van der Waals surface area contributed by atoms with Crippen LogP contribution in [0.4, 0.5) is 11.5 Å². The zero-order valence-corrected chi connectivity index (χ0v) is 20.9. The molecule has 0 saturated carbocycles. The summed E-state index contributed by atoms with van der Waals surface area (Å²) in [5.41, 5.74) is 9.40. The number of carbonyl (C=O) groups is 1. The van der Waals surface area contributed by atoms with Gasteiger partial charge in [0.1, 0.15) is 11.8 Å². The van der Waals surface area contributed by atoms with Gasteiger partial charge in [0.25, 0.3) is 0 Å². The van der Waals surface area contributed by atoms with E-state index in [4.69, 9.17) is 10.5 Å². The molecule has 0 radical (unpaired) electrons. The predicted molar refractivity (Wildman–Crippen MR) is 136 cm³/mol. The van der Waals surface area contributed by atoms with Gasteiger partial charge < -0.3 is 25.3 Å². The molecule has 3 N–H and O–H groups in total. The van der Waals surface area contributed by atoms with Crippen LogP contribution in [-0.2, 0) is 21.5 Å². The third-order valence-electron chi connectivity index (χ3n) is 5.95. The second kappa shape index (κ2) is 11.4. The van der Waals surface area contributed by atoms with Crippen molar-refractivity contribution >= 4 is 28.6 Å². The average molecular weight is 468 g/mol. The lowest BCUT2D eigenvalue weighted by Crippen LogP contribution is -2.32. The molecule has 3 aromatic rings. The number of aryl methyl sites for hydroxylation is 1. The van der Waals surface area contributed by atoms with Gasteiger partial charge in [-0.3, -0.25) is 4.79 Å². The number of aromatic nitrogens is 4. The normalized spacial score (nSPS) is 12.9. The van der Waals surface area contributed by atoms with Crippen molar-refractivity contribution in [3.63, 3.8) is 0 Å². The maximum atomic E-state index is 12.3. The molecule has 2 heterocycles. The Morgan fingerprint density at radius 1 is 1.21 bits per heavy atom. The fourth-order valence-corrected chi connectivity index (χ4v) is 3.85. The minimum absolute atomic E-state index is 0.0356. The van der Waals surface area contributed by atoms with Crippen molar-refractivity contribution in [3.05, 3.63) is 42.5 Å². The topological polar surface area (TPSA) is 111 Å². The molecule has 9 heteroatoms. The van der Waals surface area contributed by atoms with Crippen LogP contribution in [0.2, 0.25) is 0 Å². The molecule has 1 aromatic carbocycles. The van der Waals surface area contributed by atoms with E-state index in [0.717, 1.165) is 43.8 Å². The Kier molecular flexibility index (Phi) is 8.57. The average Bonchev–Trinajstić information content (AvgIpc) is 3.21. The highest BCUT2D eigenvalue weighted by molar-refractivity contribution is 5.90. The summed E-state index contributed by atoms with van der Waals surface area (Å²) in [5, 5.41) is 2.99. The van der Waals surface area contributed by atoms with Gasteiger partial charge in [0, 0.05) is 32.3 Å². The van der Waals surface area contributed by atoms with Gasteiger partial charge in [-0.05, 0) is 49.5 Å². The summed E-state index contributed by atoms with van der Waals surface area (Å²) in [7, 11) is 3.78. The Labute approximate surface area is 201 Å². The molecule has 2 aromatic heterocycles. The van der Waals surface area contributed by atoms with Crippen LogP contribution in [0.1, 0.15) is 45.6 Å². The Bertz CT molecular complexity index is 1070. The zero-order chi connectivity index (χ0) is 24.7. The lowest BCUT2D eigenvalue weighted by atomic mass is 9.87. The predicted octanol–water partition coefficient (Wildman–Crippen LogP) is 3.46. The first-order valence-electron chi connectivity index (χ1n) is 11.7. The molecular formula is C25H37N7O2. The molecule has 1 amide bonds. The SMILES string of the molecule is COC(CCn1cnc2c(N)ncnc21)CN(C)CCCC(=O)Nc1ccc(C(C)(C)C)cc1. The number of rotatable bonds is 11. The first kappa shape index (κ1) is 25.6. The number of imidazole rings is 1. The van der Waals surface area contributed by atoms with Gasteiger partial charge in [-0.25, -0.2) is 15.0 Å². The Hall–Kier alpha value is -3.04. The Balaban J connectivity index is 1.39. The minimum Gasteiger partial charge on any atom is -0.382 e. The summed E-state index contributed by atoms with van der Waals surface area (Å²) < 4.78 is 7.65. The molecule has 1 atom stereocenters. The Morgan fingerprint density at radius 2 is 1.94 bits per heavy atom. The van der Waals surface area contributed by atoms with E-state index in [0.29, 0.717) is 17.8 Å². The molecule has 0 aliphatic rings. The molecule has 184 valence electrons. The number of nitrogen functional groups attached to an aromatic ring is 1. The van der Waals surface area contributed by atoms with Gasteiger partial charge in [-0.1, -0.05) is 32.9 Å². The van der Waals surface area contributed by atoms with Gasteiger partial charge in [-0.2, -0.15) is 0 Å². The number of hydrogen-bond acceptors (Lipinski definition) is 7. The van der Waals surface area contributed by atoms with Crippen molar-refractivity contribution in [2.75, 3.05) is 38.3 Å². The fraction of sp³-hybridized carbons (Fsp3) is 0.520. The number of nitrogens with one attached hydrogen (secondary N) is 1. The number of hydrogen-bond donors (Lipinski definition) is 2. The van der Waals surface area contributed by atoms with E-state index >= 15 is 0 Å². The van der Waals surface area contributed by atoms with Crippen LogP contribution in [0.3, 0.4) is 0 Å². The molecule has 9 nitrogen and oxygen atoms in total. The van der Waals surface area contributed by atoms with Gasteiger partial charge >= 0.3 is 0 Å². The van der Waals surface area contributed by atoms with Crippen LogP contribution in [0, 0.1) is 0 Å². The molecule has 3 rings (SSSR count). The van der Waals surface area contributed by atoms with E-state index in [9.17, 15) is 4.79 Å². The highest BCUT2D eigenvalue weighted by atomic mass is 16.5. The number of nitrogens with two attached hydrogens (primary N) is 1. The molecule has 0 aliphatic carbocycles. The molecule has 0 fully saturated rings. The largest absolute Gasteiger partial charge is 0.382 e. The Morgan fingerprint density at radius 3 is 2.62 bits per heavy atom. The second-order valence-corrected chi connectivity index (χ2v) is 9.76. The standard InChI is InChI=1S/C25H37N7O2/c1-25(2,3)18-8-10-19(11-9-18)30-21(33)7-6-13-31(4)15-20(34-5)12-14-32-17-29-22-23(26)27-16-28-24(22)32/h8-11,16-17,20H,6-7,12-15H2,1-5H3,(H,30,33)(H2,26,27,28). The van der Waals surface area contributed by atoms with E-state index < -0.39 is 0 Å². The van der Waals surface area contributed by atoms with Gasteiger partial charge in [0.15, 0.2) is 11.5 Å². The molecular weight excluding hydrogens is 430 g/mol. The van der Waals surface area contributed by atoms with Crippen LogP contribution >= 0.6 is 0 Å². The van der Waals surface area contributed by atoms with E-state index in [1.807, 2.05) is 16.7 Å². The number of carbonyl (C=O) groups excluding carboxylic acids is 1. The summed E-state index contributed by atoms with van der Waals surface area (Å²) >= 11 is 0. The summed E-state index contributed by atoms with van der Waals surface area (Å²) in [6.07, 6.45) is 5.31. The quantitative estimate of drug-likeness (QED) is 0.444. The number of anilines is 2. The minimum atomic E-state index is 0.0356. The van der Waals surface area contributed by atoms with Gasteiger partial charge in [-0.15, -0.1) is 0 Å². The first-order chi connectivity index (χ1) is 16.2. The number of amides is 1. The maximum absolute atomic E-state index is 12.3. The molecule has 34 heavy (non-hydrogen) atoms. The van der Waals surface area contributed by atoms with Crippen molar-refractivity contribution in [2.24, 2.45) is 0 Å². The van der Waals surface area contributed by atoms with Crippen molar-refractivity contribution in [3.8, 4) is 0 Å². The van der Waals surface area contributed by atoms with E-state index in [2.05, 4.69) is 65.1 Å². The van der Waals surface area contributed by atoms with E-state index in [1.165, 1.54) is 11.9 Å². The fourth-order valence-electron chi connectivity index (χ4n) is 3.85. The monoisotopic (exact) mass is 467 g/mol. The second-order valence-electron chi connectivity index (χ2n) is 9.76. The number of fused-ring (bicyclic) bond motifs is 1. The molecule has 0 saturated heterocycles. The van der Waals surface area contributed by atoms with Crippen molar-refractivity contribution in [1.82, 2.24) is 24.4 Å². The molecule has 0 spiro atoms. The van der Waals surface area contributed by atoms with E-state index in [-0.39, 0.29) is 17.4 Å². The van der Waals surface area contributed by atoms with Crippen LogP contribution in [0.15, 0.2) is 36.9 Å². The van der Waals surface area contributed by atoms with Crippen molar-refractivity contribution in [2.45, 2.75) is 58.1 Å². The first-order valence-corrected chi connectivity index (χ1v) is 11.7. The van der Waals surface area contributed by atoms with Crippen LogP contribution < -0.4 is 11.1 Å². The third-order valence-corrected chi connectivity index (χ3v) is 5.95.